The Morgan fingerprint density at radius 2 is 1.70 bits per heavy atom. The second kappa shape index (κ2) is 8.57. The summed E-state index contributed by atoms with van der Waals surface area (Å²) in [4.78, 5) is 24.5. The van der Waals surface area contributed by atoms with E-state index in [0.29, 0.717) is 17.0 Å². The molecule has 0 aliphatic rings. The molecule has 6 heteroatoms. The van der Waals surface area contributed by atoms with Gasteiger partial charge in [0, 0.05) is 21.3 Å². The number of amides is 2. The monoisotopic (exact) mass is 432 g/mol. The molecule has 0 heterocycles. The molecule has 0 radical (unpaired) electrons. The first kappa shape index (κ1) is 21.0. The van der Waals surface area contributed by atoms with Crippen molar-refractivity contribution in [2.24, 2.45) is 0 Å². The zero-order valence-electron chi connectivity index (χ0n) is 16.3. The van der Waals surface area contributed by atoms with Gasteiger partial charge in [-0.15, -0.1) is 0 Å². The van der Waals surface area contributed by atoms with E-state index < -0.39 is 0 Å². The quantitative estimate of drug-likeness (QED) is 0.724. The smallest absolute Gasteiger partial charge is 0.262 e. The van der Waals surface area contributed by atoms with Gasteiger partial charge in [0.05, 0.1) is 0 Å². The van der Waals surface area contributed by atoms with E-state index in [-0.39, 0.29) is 24.0 Å². The van der Waals surface area contributed by atoms with Crippen molar-refractivity contribution in [3.05, 3.63) is 57.6 Å². The van der Waals surface area contributed by atoms with E-state index in [1.54, 1.807) is 24.3 Å². The molecule has 5 nitrogen and oxygen atoms in total. The first-order chi connectivity index (χ1) is 12.5. The van der Waals surface area contributed by atoms with Crippen LogP contribution in [0.5, 0.6) is 5.75 Å². The van der Waals surface area contributed by atoms with Crippen molar-refractivity contribution >= 4 is 33.4 Å². The number of hydrogen-bond donors (Lipinski definition) is 2. The molecule has 2 aromatic rings. The first-order valence-electron chi connectivity index (χ1n) is 8.67. The molecular weight excluding hydrogens is 408 g/mol. The van der Waals surface area contributed by atoms with Crippen LogP contribution >= 0.6 is 15.9 Å². The third kappa shape index (κ3) is 6.40. The van der Waals surface area contributed by atoms with Crippen LogP contribution in [0.4, 0.5) is 5.69 Å². The fourth-order valence-corrected chi connectivity index (χ4v) is 3.30. The summed E-state index contributed by atoms with van der Waals surface area (Å²) in [7, 11) is 0. The minimum absolute atomic E-state index is 0.109. The molecule has 144 valence electrons. The maximum atomic E-state index is 12.3. The van der Waals surface area contributed by atoms with Crippen LogP contribution in [0.3, 0.4) is 0 Å². The van der Waals surface area contributed by atoms with Gasteiger partial charge in [-0.25, -0.2) is 0 Å². The van der Waals surface area contributed by atoms with Crippen LogP contribution < -0.4 is 15.4 Å². The molecule has 0 aromatic heterocycles. The van der Waals surface area contributed by atoms with Crippen LogP contribution in [0, 0.1) is 13.8 Å². The van der Waals surface area contributed by atoms with Crippen molar-refractivity contribution < 1.29 is 14.3 Å². The Kier molecular flexibility index (Phi) is 6.65. The number of ether oxygens (including phenoxy) is 1. The number of rotatable bonds is 5. The van der Waals surface area contributed by atoms with Gasteiger partial charge < -0.3 is 15.4 Å². The molecular formula is C21H25BrN2O3. The van der Waals surface area contributed by atoms with Crippen LogP contribution in [-0.4, -0.2) is 24.0 Å². The molecule has 27 heavy (non-hydrogen) atoms. The van der Waals surface area contributed by atoms with Crippen molar-refractivity contribution in [2.75, 3.05) is 11.9 Å². The maximum absolute atomic E-state index is 12.3. The fourth-order valence-electron chi connectivity index (χ4n) is 2.61. The summed E-state index contributed by atoms with van der Waals surface area (Å²) in [6.45, 7) is 9.51. The lowest BCUT2D eigenvalue weighted by atomic mass is 10.1. The fraction of sp³-hybridized carbons (Fsp3) is 0.333. The summed E-state index contributed by atoms with van der Waals surface area (Å²) >= 11 is 3.44. The highest BCUT2D eigenvalue weighted by atomic mass is 79.9. The number of hydrogen-bond acceptors (Lipinski definition) is 3. The van der Waals surface area contributed by atoms with Crippen molar-refractivity contribution in [2.45, 2.75) is 40.2 Å². The molecule has 2 amide bonds. The molecule has 0 saturated carbocycles. The molecule has 0 aliphatic heterocycles. The van der Waals surface area contributed by atoms with E-state index >= 15 is 0 Å². The Bertz CT molecular complexity index is 834. The lowest BCUT2D eigenvalue weighted by Crippen LogP contribution is -2.40. The molecule has 2 rings (SSSR count). The summed E-state index contributed by atoms with van der Waals surface area (Å²) in [6.07, 6.45) is 0. The Hall–Kier alpha value is -2.34. The van der Waals surface area contributed by atoms with Crippen molar-refractivity contribution in [3.8, 4) is 5.75 Å². The topological polar surface area (TPSA) is 67.4 Å². The standard InChI is InChI=1S/C21H25BrN2O3/c1-13-9-16(22)10-14(2)19(13)27-12-18(25)23-17-8-6-7-15(11-17)20(26)24-21(3,4)5/h6-11H,12H2,1-5H3,(H,23,25)(H,24,26). The van der Waals surface area contributed by atoms with Gasteiger partial charge >= 0.3 is 0 Å². The second-order valence-electron chi connectivity index (χ2n) is 7.49. The van der Waals surface area contributed by atoms with E-state index in [9.17, 15) is 9.59 Å². The third-order valence-corrected chi connectivity index (χ3v) is 4.13. The number of benzene rings is 2. The Labute approximate surface area is 168 Å². The Morgan fingerprint density at radius 3 is 2.30 bits per heavy atom. The van der Waals surface area contributed by atoms with Crippen LogP contribution in [0.15, 0.2) is 40.9 Å². The van der Waals surface area contributed by atoms with Gasteiger partial charge in [0.25, 0.3) is 11.8 Å². The molecule has 0 saturated heterocycles. The minimum atomic E-state index is -0.329. The molecule has 0 fully saturated rings. The van der Waals surface area contributed by atoms with Crippen molar-refractivity contribution in [3.63, 3.8) is 0 Å². The molecule has 2 N–H and O–H groups in total. The molecule has 0 aliphatic carbocycles. The summed E-state index contributed by atoms with van der Waals surface area (Å²) in [5, 5.41) is 5.67. The van der Waals surface area contributed by atoms with E-state index in [1.807, 2.05) is 46.8 Å². The zero-order chi connectivity index (χ0) is 20.2. The third-order valence-electron chi connectivity index (χ3n) is 3.67. The highest BCUT2D eigenvalue weighted by Crippen LogP contribution is 2.27. The molecule has 0 spiro atoms. The van der Waals surface area contributed by atoms with Crippen LogP contribution in [0.1, 0.15) is 42.3 Å². The van der Waals surface area contributed by atoms with Crippen LogP contribution in [0.25, 0.3) is 0 Å². The SMILES string of the molecule is Cc1cc(Br)cc(C)c1OCC(=O)Nc1cccc(C(=O)NC(C)(C)C)c1. The number of carbonyl (C=O) groups is 2. The Morgan fingerprint density at radius 1 is 1.07 bits per heavy atom. The number of aryl methyl sites for hydroxylation is 2. The van der Waals surface area contributed by atoms with Crippen molar-refractivity contribution in [1.29, 1.82) is 0 Å². The van der Waals surface area contributed by atoms with E-state index in [4.69, 9.17) is 4.74 Å². The molecule has 0 unspecified atom stereocenters. The maximum Gasteiger partial charge on any atom is 0.262 e. The zero-order valence-corrected chi connectivity index (χ0v) is 17.9. The van der Waals surface area contributed by atoms with Gasteiger partial charge in [0.15, 0.2) is 6.61 Å². The van der Waals surface area contributed by atoms with E-state index in [0.717, 1.165) is 15.6 Å². The normalized spacial score (nSPS) is 11.0. The first-order valence-corrected chi connectivity index (χ1v) is 9.46. The average Bonchev–Trinajstić information content (AvgIpc) is 2.52. The number of carbonyl (C=O) groups excluding carboxylic acids is 2. The predicted molar refractivity (Wildman–Crippen MR) is 111 cm³/mol. The van der Waals surface area contributed by atoms with Gasteiger partial charge in [-0.05, 0) is 76.1 Å². The largest absolute Gasteiger partial charge is 0.483 e. The van der Waals surface area contributed by atoms with Gasteiger partial charge in [-0.2, -0.15) is 0 Å². The molecule has 2 aromatic carbocycles. The lowest BCUT2D eigenvalue weighted by Gasteiger charge is -2.20. The van der Waals surface area contributed by atoms with Gasteiger partial charge in [0.2, 0.25) is 0 Å². The highest BCUT2D eigenvalue weighted by molar-refractivity contribution is 9.10. The summed E-state index contributed by atoms with van der Waals surface area (Å²) in [6, 6.07) is 10.7. The van der Waals surface area contributed by atoms with E-state index in [2.05, 4.69) is 26.6 Å². The van der Waals surface area contributed by atoms with Crippen LogP contribution in [0.2, 0.25) is 0 Å². The van der Waals surface area contributed by atoms with Crippen LogP contribution in [-0.2, 0) is 4.79 Å². The Balaban J connectivity index is 2.00. The summed E-state index contributed by atoms with van der Waals surface area (Å²) < 4.78 is 6.66. The number of nitrogens with one attached hydrogen (secondary N) is 2. The predicted octanol–water partition coefficient (Wildman–Crippen LogP) is 4.61. The second-order valence-corrected chi connectivity index (χ2v) is 8.41. The van der Waals surface area contributed by atoms with Gasteiger partial charge in [-0.3, -0.25) is 9.59 Å². The minimum Gasteiger partial charge on any atom is -0.483 e. The number of anilines is 1. The van der Waals surface area contributed by atoms with Crippen molar-refractivity contribution in [1.82, 2.24) is 5.32 Å². The lowest BCUT2D eigenvalue weighted by molar-refractivity contribution is -0.118. The molecule has 0 atom stereocenters. The number of halogens is 1. The average molecular weight is 433 g/mol. The summed E-state index contributed by atoms with van der Waals surface area (Å²) in [5.74, 6) is 0.229. The molecule has 0 bridgehead atoms. The van der Waals surface area contributed by atoms with E-state index in [1.165, 1.54) is 0 Å². The highest BCUT2D eigenvalue weighted by Gasteiger charge is 2.16. The van der Waals surface area contributed by atoms with Gasteiger partial charge in [0.1, 0.15) is 5.75 Å². The van der Waals surface area contributed by atoms with Gasteiger partial charge in [-0.1, -0.05) is 22.0 Å². The summed E-state index contributed by atoms with van der Waals surface area (Å²) in [5.41, 5.74) is 2.62.